The average Bonchev–Trinajstić information content (AvgIpc) is 2.57. The molecule has 1 heterocycles. The van der Waals surface area contributed by atoms with E-state index >= 15 is 0 Å². The maximum Gasteiger partial charge on any atom is 0.248 e. The summed E-state index contributed by atoms with van der Waals surface area (Å²) >= 11 is 0. The maximum absolute atomic E-state index is 12.3. The van der Waals surface area contributed by atoms with Gasteiger partial charge in [-0.05, 0) is 25.7 Å². The first-order valence-electron chi connectivity index (χ1n) is 9.99. The summed E-state index contributed by atoms with van der Waals surface area (Å²) in [5.41, 5.74) is 1.22. The van der Waals surface area contributed by atoms with E-state index in [9.17, 15) is 16.8 Å². The molecular formula is C19H32N2O4S2. The van der Waals surface area contributed by atoms with E-state index in [2.05, 4.69) is 9.97 Å². The molecule has 0 bridgehead atoms. The second-order valence-corrected chi connectivity index (χ2v) is 11.5. The molecule has 27 heavy (non-hydrogen) atoms. The van der Waals surface area contributed by atoms with E-state index in [0.29, 0.717) is 24.1 Å². The summed E-state index contributed by atoms with van der Waals surface area (Å²) in [6.07, 6.45) is 15.7. The Balaban J connectivity index is 2.41. The minimum Gasteiger partial charge on any atom is -0.223 e. The lowest BCUT2D eigenvalue weighted by Gasteiger charge is -2.14. The third kappa shape index (κ3) is 7.14. The Morgan fingerprint density at radius 3 is 1.48 bits per heavy atom. The topological polar surface area (TPSA) is 94.1 Å². The minimum atomic E-state index is -3.67. The Kier molecular flexibility index (Phi) is 8.21. The molecule has 1 aliphatic rings. The zero-order valence-corrected chi connectivity index (χ0v) is 18.2. The lowest BCUT2D eigenvalue weighted by molar-refractivity contribution is 0.548. The molecule has 8 heteroatoms. The lowest BCUT2D eigenvalue weighted by atomic mass is 10.0. The van der Waals surface area contributed by atoms with Gasteiger partial charge < -0.3 is 0 Å². The molecular weight excluding hydrogens is 384 g/mol. The number of rotatable bonds is 2. The molecule has 0 spiro atoms. The molecule has 0 atom stereocenters. The van der Waals surface area contributed by atoms with Gasteiger partial charge >= 0.3 is 0 Å². The molecule has 0 saturated carbocycles. The molecule has 0 aliphatic heterocycles. The molecule has 0 saturated heterocycles. The maximum atomic E-state index is 12.3. The monoisotopic (exact) mass is 416 g/mol. The fourth-order valence-corrected chi connectivity index (χ4v) is 5.11. The highest BCUT2D eigenvalue weighted by Crippen LogP contribution is 2.24. The van der Waals surface area contributed by atoms with Crippen LogP contribution >= 0.6 is 0 Å². The van der Waals surface area contributed by atoms with Gasteiger partial charge in [0.15, 0.2) is 14.9 Å². The number of sulfone groups is 2. The van der Waals surface area contributed by atoms with E-state index in [1.54, 1.807) is 0 Å². The summed E-state index contributed by atoms with van der Waals surface area (Å²) in [4.78, 5) is 8.24. The number of aryl methyl sites for hydroxylation is 1. The fourth-order valence-electron chi connectivity index (χ4n) is 3.60. The third-order valence-electron chi connectivity index (χ3n) is 5.06. The zero-order chi connectivity index (χ0) is 19.9. The predicted octanol–water partition coefficient (Wildman–Crippen LogP) is 3.67. The molecule has 0 radical (unpaired) electrons. The quantitative estimate of drug-likeness (QED) is 0.539. The van der Waals surface area contributed by atoms with Gasteiger partial charge in [0.25, 0.3) is 0 Å². The Morgan fingerprint density at radius 2 is 1.04 bits per heavy atom. The highest BCUT2D eigenvalue weighted by Gasteiger charge is 2.24. The van der Waals surface area contributed by atoms with Crippen LogP contribution in [0.3, 0.4) is 0 Å². The lowest BCUT2D eigenvalue weighted by Crippen LogP contribution is -2.16. The second-order valence-electron chi connectivity index (χ2n) is 7.67. The number of hydrogen-bond acceptors (Lipinski definition) is 6. The van der Waals surface area contributed by atoms with E-state index < -0.39 is 19.7 Å². The summed E-state index contributed by atoms with van der Waals surface area (Å²) < 4.78 is 48.6. The van der Waals surface area contributed by atoms with Gasteiger partial charge in [0.2, 0.25) is 15.0 Å². The van der Waals surface area contributed by atoms with Gasteiger partial charge in [-0.25, -0.2) is 26.8 Å². The van der Waals surface area contributed by atoms with Crippen molar-refractivity contribution >= 4 is 19.7 Å². The van der Waals surface area contributed by atoms with Crippen molar-refractivity contribution in [1.29, 1.82) is 0 Å². The minimum absolute atomic E-state index is 0.0998. The summed E-state index contributed by atoms with van der Waals surface area (Å²) in [6, 6.07) is 0. The van der Waals surface area contributed by atoms with Crippen LogP contribution in [0.15, 0.2) is 10.2 Å². The van der Waals surface area contributed by atoms with Crippen LogP contribution < -0.4 is 0 Å². The predicted molar refractivity (Wildman–Crippen MR) is 106 cm³/mol. The van der Waals surface area contributed by atoms with Gasteiger partial charge in [-0.3, -0.25) is 0 Å². The van der Waals surface area contributed by atoms with Crippen LogP contribution in [0, 0.1) is 0 Å². The molecule has 0 unspecified atom stereocenters. The van der Waals surface area contributed by atoms with Crippen molar-refractivity contribution in [3.05, 3.63) is 11.3 Å². The summed E-state index contributed by atoms with van der Waals surface area (Å²) in [5, 5.41) is -0.475. The number of hydrogen-bond donors (Lipinski definition) is 0. The molecule has 154 valence electrons. The Hall–Kier alpha value is -1.02. The van der Waals surface area contributed by atoms with Gasteiger partial charge in [0, 0.05) is 23.8 Å². The van der Waals surface area contributed by atoms with Crippen LogP contribution in [0.2, 0.25) is 0 Å². The van der Waals surface area contributed by atoms with Crippen molar-refractivity contribution in [3.8, 4) is 0 Å². The number of fused-ring (bicyclic) bond motifs is 1. The first kappa shape index (κ1) is 22.3. The molecule has 6 nitrogen and oxygen atoms in total. The van der Waals surface area contributed by atoms with Gasteiger partial charge in [-0.15, -0.1) is 0 Å². The van der Waals surface area contributed by atoms with Crippen LogP contribution in [-0.4, -0.2) is 39.3 Å². The van der Waals surface area contributed by atoms with Crippen molar-refractivity contribution in [2.75, 3.05) is 12.5 Å². The molecule has 0 fully saturated rings. The summed E-state index contributed by atoms with van der Waals surface area (Å²) in [7, 11) is -7.30. The van der Waals surface area contributed by atoms with Gasteiger partial charge in [0.1, 0.15) is 0 Å². The van der Waals surface area contributed by atoms with Crippen LogP contribution in [-0.2, 0) is 32.5 Å². The van der Waals surface area contributed by atoms with Crippen LogP contribution in [0.25, 0.3) is 0 Å². The summed E-state index contributed by atoms with van der Waals surface area (Å²) in [6.45, 7) is 0. The fraction of sp³-hybridized carbons (Fsp3) is 0.789. The van der Waals surface area contributed by atoms with Crippen LogP contribution in [0.4, 0.5) is 0 Å². The molecule has 1 aromatic heterocycles. The highest BCUT2D eigenvalue weighted by atomic mass is 32.2. The van der Waals surface area contributed by atoms with Crippen LogP contribution in [0.5, 0.6) is 0 Å². The SMILES string of the molecule is CS(=O)(=O)c1nc2c(c(S(C)(=O)=O)n1)CCCCCCCCCCCCC2. The molecule has 0 aromatic carbocycles. The van der Waals surface area contributed by atoms with Crippen molar-refractivity contribution in [2.24, 2.45) is 0 Å². The van der Waals surface area contributed by atoms with Crippen molar-refractivity contribution < 1.29 is 16.8 Å². The van der Waals surface area contributed by atoms with Crippen LogP contribution in [0.1, 0.15) is 81.9 Å². The molecule has 0 N–H and O–H groups in total. The standard InChI is InChI=1S/C19H32N2O4S2/c1-26(22,23)18-16-14-12-10-8-6-4-3-5-7-9-11-13-15-17(16)20-19(21-18)27(2,24)25/h3-15H2,1-2H3. The smallest absolute Gasteiger partial charge is 0.223 e. The largest absolute Gasteiger partial charge is 0.248 e. The summed E-state index contributed by atoms with van der Waals surface area (Å²) in [5.74, 6) is 0. The van der Waals surface area contributed by atoms with E-state index in [0.717, 1.165) is 51.0 Å². The Labute approximate surface area is 164 Å². The van der Waals surface area contributed by atoms with Gasteiger partial charge in [-0.2, -0.15) is 0 Å². The van der Waals surface area contributed by atoms with Crippen molar-refractivity contribution in [2.45, 2.75) is 93.7 Å². The van der Waals surface area contributed by atoms with E-state index in [1.165, 1.54) is 32.1 Å². The number of nitrogens with zero attached hydrogens (tertiary/aromatic N) is 2. The zero-order valence-electron chi connectivity index (χ0n) is 16.5. The molecule has 1 aromatic rings. The van der Waals surface area contributed by atoms with Gasteiger partial charge in [0.05, 0.1) is 0 Å². The molecule has 0 amide bonds. The first-order valence-corrected chi connectivity index (χ1v) is 13.8. The number of aromatic nitrogens is 2. The van der Waals surface area contributed by atoms with E-state index in [1.807, 2.05) is 0 Å². The molecule has 2 rings (SSSR count). The Bertz CT molecular complexity index is 834. The highest BCUT2D eigenvalue weighted by molar-refractivity contribution is 7.91. The first-order chi connectivity index (χ1) is 12.7. The Morgan fingerprint density at radius 1 is 0.593 bits per heavy atom. The normalized spacial score (nSPS) is 18.9. The van der Waals surface area contributed by atoms with E-state index in [4.69, 9.17) is 0 Å². The second kappa shape index (κ2) is 9.96. The third-order valence-corrected chi connectivity index (χ3v) is 6.94. The van der Waals surface area contributed by atoms with Crippen molar-refractivity contribution in [3.63, 3.8) is 0 Å². The molecule has 1 aliphatic carbocycles. The van der Waals surface area contributed by atoms with Crippen molar-refractivity contribution in [1.82, 2.24) is 9.97 Å². The van der Waals surface area contributed by atoms with Gasteiger partial charge in [-0.1, -0.05) is 57.8 Å². The average molecular weight is 417 g/mol. The van der Waals surface area contributed by atoms with E-state index in [-0.39, 0.29) is 10.2 Å².